The van der Waals surface area contributed by atoms with Crippen molar-refractivity contribution in [1.82, 2.24) is 5.32 Å². The maximum absolute atomic E-state index is 14.1. The number of hydrogen-bond acceptors (Lipinski definition) is 4. The van der Waals surface area contributed by atoms with E-state index in [0.717, 1.165) is 6.26 Å². The Bertz CT molecular complexity index is 1600. The number of nitrogens with one attached hydrogen (secondary N) is 2. The van der Waals surface area contributed by atoms with Gasteiger partial charge in [0.15, 0.2) is 9.84 Å². The van der Waals surface area contributed by atoms with Gasteiger partial charge in [-0.1, -0.05) is 47.3 Å². The highest BCUT2D eigenvalue weighted by Crippen LogP contribution is 2.58. The van der Waals surface area contributed by atoms with Gasteiger partial charge in [-0.25, -0.2) is 8.42 Å². The summed E-state index contributed by atoms with van der Waals surface area (Å²) < 4.78 is 25.7. The molecule has 2 aliphatic heterocycles. The first kappa shape index (κ1) is 24.4. The minimum atomic E-state index is -3.76. The SMILES string of the molecule is C#Cc1ccc(S(C)(=O)=O)c(C2NC(=O)CC(c3cccc(Cl)c3)C23C(=O)Nc2cc(Cl)ccc23)c1. The molecule has 3 aromatic rings. The molecule has 182 valence electrons. The topological polar surface area (TPSA) is 92.3 Å². The van der Waals surface area contributed by atoms with Crippen molar-refractivity contribution in [3.63, 3.8) is 0 Å². The van der Waals surface area contributed by atoms with Crippen molar-refractivity contribution in [2.24, 2.45) is 0 Å². The van der Waals surface area contributed by atoms with E-state index in [9.17, 15) is 18.0 Å². The van der Waals surface area contributed by atoms with Gasteiger partial charge in [-0.2, -0.15) is 0 Å². The fourth-order valence-corrected chi connectivity index (χ4v) is 6.76. The summed E-state index contributed by atoms with van der Waals surface area (Å²) in [5, 5.41) is 6.72. The maximum atomic E-state index is 14.1. The summed E-state index contributed by atoms with van der Waals surface area (Å²) in [4.78, 5) is 27.2. The molecule has 3 aromatic carbocycles. The fraction of sp³-hybridized carbons (Fsp3) is 0.185. The summed E-state index contributed by atoms with van der Waals surface area (Å²) in [5.74, 6) is 1.13. The smallest absolute Gasteiger partial charge is 0.238 e. The van der Waals surface area contributed by atoms with Crippen LogP contribution < -0.4 is 10.6 Å². The third-order valence-corrected chi connectivity index (χ3v) is 8.53. The molecule has 0 aromatic heterocycles. The van der Waals surface area contributed by atoms with Crippen LogP contribution in [-0.4, -0.2) is 26.5 Å². The Balaban J connectivity index is 1.88. The quantitative estimate of drug-likeness (QED) is 0.476. The molecule has 2 heterocycles. The number of carbonyl (C=O) groups excluding carboxylic acids is 2. The van der Waals surface area contributed by atoms with Crippen molar-refractivity contribution in [1.29, 1.82) is 0 Å². The van der Waals surface area contributed by atoms with Gasteiger partial charge in [0.2, 0.25) is 11.8 Å². The van der Waals surface area contributed by atoms with E-state index in [1.54, 1.807) is 42.5 Å². The molecular formula is C27H20Cl2N2O4S. The Labute approximate surface area is 218 Å². The average Bonchev–Trinajstić information content (AvgIpc) is 3.10. The van der Waals surface area contributed by atoms with E-state index in [2.05, 4.69) is 16.6 Å². The summed E-state index contributed by atoms with van der Waals surface area (Å²) in [6, 6.07) is 15.5. The van der Waals surface area contributed by atoms with Crippen LogP contribution in [0.3, 0.4) is 0 Å². The molecule has 1 saturated heterocycles. The van der Waals surface area contributed by atoms with E-state index in [-0.39, 0.29) is 28.7 Å². The first-order valence-corrected chi connectivity index (χ1v) is 13.7. The van der Waals surface area contributed by atoms with Crippen LogP contribution in [0.15, 0.2) is 65.6 Å². The molecule has 3 atom stereocenters. The van der Waals surface area contributed by atoms with Crippen molar-refractivity contribution >= 4 is 50.5 Å². The lowest BCUT2D eigenvalue weighted by atomic mass is 9.59. The standard InChI is InChI=1S/C27H20Cl2N2O4S/c1-3-15-7-10-23(36(2,34)35)19(11-15)25-27(20-9-8-18(29)13-22(20)30-26(27)33)21(14-24(32)31-25)16-5-4-6-17(28)12-16/h1,4-13,21,25H,14H2,2H3,(H,30,33)(H,31,32). The Morgan fingerprint density at radius 2 is 1.78 bits per heavy atom. The van der Waals surface area contributed by atoms with E-state index < -0.39 is 27.2 Å². The van der Waals surface area contributed by atoms with Crippen LogP contribution in [0.4, 0.5) is 5.69 Å². The van der Waals surface area contributed by atoms with E-state index >= 15 is 0 Å². The first-order chi connectivity index (χ1) is 17.0. The van der Waals surface area contributed by atoms with Crippen LogP contribution in [0.2, 0.25) is 10.0 Å². The fourth-order valence-electron chi connectivity index (χ4n) is 5.47. The molecule has 1 fully saturated rings. The number of benzene rings is 3. The number of rotatable bonds is 3. The monoisotopic (exact) mass is 538 g/mol. The lowest BCUT2D eigenvalue weighted by Crippen LogP contribution is -2.57. The Morgan fingerprint density at radius 1 is 1.03 bits per heavy atom. The number of halogens is 2. The second kappa shape index (κ2) is 8.67. The number of anilines is 1. The summed E-state index contributed by atoms with van der Waals surface area (Å²) >= 11 is 12.5. The van der Waals surface area contributed by atoms with Gasteiger partial charge in [0.25, 0.3) is 0 Å². The molecule has 2 aliphatic rings. The van der Waals surface area contributed by atoms with Crippen molar-refractivity contribution in [3.8, 4) is 12.3 Å². The molecule has 0 aliphatic carbocycles. The summed E-state index contributed by atoms with van der Waals surface area (Å²) in [6.45, 7) is 0. The number of amides is 2. The summed E-state index contributed by atoms with van der Waals surface area (Å²) in [7, 11) is -3.76. The van der Waals surface area contributed by atoms with Gasteiger partial charge in [0.05, 0.1) is 10.9 Å². The van der Waals surface area contributed by atoms with Crippen LogP contribution >= 0.6 is 23.2 Å². The van der Waals surface area contributed by atoms with Gasteiger partial charge in [-0.05, 0) is 59.2 Å². The minimum Gasteiger partial charge on any atom is -0.348 e. The van der Waals surface area contributed by atoms with Crippen LogP contribution in [0.5, 0.6) is 0 Å². The molecule has 5 rings (SSSR count). The van der Waals surface area contributed by atoms with E-state index in [0.29, 0.717) is 32.4 Å². The number of carbonyl (C=O) groups is 2. The van der Waals surface area contributed by atoms with E-state index in [1.165, 1.54) is 12.1 Å². The zero-order valence-corrected chi connectivity index (χ0v) is 21.3. The van der Waals surface area contributed by atoms with Gasteiger partial charge in [-0.15, -0.1) is 6.42 Å². The van der Waals surface area contributed by atoms with E-state index in [1.807, 2.05) is 6.07 Å². The van der Waals surface area contributed by atoms with Crippen molar-refractivity contribution in [2.45, 2.75) is 28.7 Å². The molecule has 0 radical (unpaired) electrons. The van der Waals surface area contributed by atoms with Crippen molar-refractivity contribution in [2.75, 3.05) is 11.6 Å². The zero-order chi connectivity index (χ0) is 25.8. The number of sulfone groups is 1. The van der Waals surface area contributed by atoms with Gasteiger partial charge >= 0.3 is 0 Å². The maximum Gasteiger partial charge on any atom is 0.238 e. The second-order valence-electron chi connectivity index (χ2n) is 8.99. The van der Waals surface area contributed by atoms with Crippen LogP contribution in [0, 0.1) is 12.3 Å². The number of piperidine rings is 1. The van der Waals surface area contributed by atoms with Crippen LogP contribution in [0.1, 0.15) is 40.6 Å². The third kappa shape index (κ3) is 3.77. The third-order valence-electron chi connectivity index (χ3n) is 6.89. The molecule has 6 nitrogen and oxygen atoms in total. The summed E-state index contributed by atoms with van der Waals surface area (Å²) in [6.07, 6.45) is 6.70. The molecule has 3 unspecified atom stereocenters. The van der Waals surface area contributed by atoms with Crippen LogP contribution in [0.25, 0.3) is 0 Å². The van der Waals surface area contributed by atoms with Gasteiger partial charge in [0, 0.05) is 39.9 Å². The van der Waals surface area contributed by atoms with E-state index in [4.69, 9.17) is 29.6 Å². The van der Waals surface area contributed by atoms with Gasteiger partial charge < -0.3 is 10.6 Å². The van der Waals surface area contributed by atoms with Crippen molar-refractivity contribution in [3.05, 3.63) is 93.0 Å². The zero-order valence-electron chi connectivity index (χ0n) is 19.0. The highest BCUT2D eigenvalue weighted by atomic mass is 35.5. The normalized spacial score (nSPS) is 23.1. The molecule has 9 heteroatoms. The average molecular weight is 539 g/mol. The molecule has 0 saturated carbocycles. The Hall–Kier alpha value is -3.31. The highest BCUT2D eigenvalue weighted by molar-refractivity contribution is 7.90. The molecule has 2 amide bonds. The number of terminal acetylenes is 1. The number of hydrogen-bond donors (Lipinski definition) is 2. The predicted molar refractivity (Wildman–Crippen MR) is 139 cm³/mol. The first-order valence-electron chi connectivity index (χ1n) is 11.0. The molecule has 0 bridgehead atoms. The number of fused-ring (bicyclic) bond motifs is 2. The Kier molecular flexibility index (Phi) is 5.87. The van der Waals surface area contributed by atoms with Crippen LogP contribution in [-0.2, 0) is 24.8 Å². The molecule has 36 heavy (non-hydrogen) atoms. The summed E-state index contributed by atoms with van der Waals surface area (Å²) in [5.41, 5.74) is 1.01. The van der Waals surface area contributed by atoms with Crippen molar-refractivity contribution < 1.29 is 18.0 Å². The second-order valence-corrected chi connectivity index (χ2v) is 11.9. The van der Waals surface area contributed by atoms with Gasteiger partial charge in [0.1, 0.15) is 5.41 Å². The lowest BCUT2D eigenvalue weighted by molar-refractivity contribution is -0.131. The minimum absolute atomic E-state index is 0.0185. The van der Waals surface area contributed by atoms with Gasteiger partial charge in [-0.3, -0.25) is 9.59 Å². The predicted octanol–water partition coefficient (Wildman–Crippen LogP) is 4.61. The molecule has 2 N–H and O–H groups in total. The molecular weight excluding hydrogens is 519 g/mol. The largest absolute Gasteiger partial charge is 0.348 e. The highest BCUT2D eigenvalue weighted by Gasteiger charge is 2.61. The Morgan fingerprint density at radius 3 is 2.47 bits per heavy atom. The lowest BCUT2D eigenvalue weighted by Gasteiger charge is -2.46. The molecule has 1 spiro atoms.